The topological polar surface area (TPSA) is 229 Å². The van der Waals surface area contributed by atoms with Crippen molar-refractivity contribution in [1.29, 1.82) is 0 Å². The molecule has 4 N–H and O–H groups in total. The molecule has 4 aromatic carbocycles. The van der Waals surface area contributed by atoms with Gasteiger partial charge in [-0.05, 0) is 122 Å². The third-order valence-corrected chi connectivity index (χ3v) is 27.8. The summed E-state index contributed by atoms with van der Waals surface area (Å²) in [5.74, 6) is -0.709. The van der Waals surface area contributed by atoms with Crippen molar-refractivity contribution in [3.63, 3.8) is 0 Å². The van der Waals surface area contributed by atoms with Crippen LogP contribution in [-0.4, -0.2) is 155 Å². The van der Waals surface area contributed by atoms with Crippen molar-refractivity contribution in [3.8, 4) is 22.3 Å². The Bertz CT molecular complexity index is 3420. The molecule has 19 nitrogen and oxygen atoms in total. The fourth-order valence-electron chi connectivity index (χ4n) is 19.5. The molecule has 0 heterocycles. The summed E-state index contributed by atoms with van der Waals surface area (Å²) in [7, 11) is 0. The van der Waals surface area contributed by atoms with Gasteiger partial charge < -0.3 is 59.5 Å². The number of urea groups is 1. The summed E-state index contributed by atoms with van der Waals surface area (Å²) >= 11 is 0. The van der Waals surface area contributed by atoms with Crippen molar-refractivity contribution in [1.82, 2.24) is 31.1 Å². The lowest BCUT2D eigenvalue weighted by molar-refractivity contribution is -0.151. The van der Waals surface area contributed by atoms with Gasteiger partial charge in [0.15, 0.2) is 0 Å². The Kier molecular flexibility index (Phi) is 67.4. The Morgan fingerprint density at radius 1 is 0.287 bits per heavy atom. The second-order valence-corrected chi connectivity index (χ2v) is 39.7. The molecule has 136 heavy (non-hydrogen) atoms. The summed E-state index contributed by atoms with van der Waals surface area (Å²) in [6.45, 7) is 16.2. The van der Waals surface area contributed by atoms with Crippen LogP contribution in [0.5, 0.6) is 0 Å². The van der Waals surface area contributed by atoms with Crippen LogP contribution in [0.15, 0.2) is 97.1 Å². The largest absolute Gasteiger partial charge is 0.462 e. The standard InChI is InChI=1S/C117H192N6O13/c1-7-13-19-25-29-33-35-39-41-47-53-77-111(124)120-97(93-131-91-83-99(67-51-45-23-17-11-5)135-113(126)79-55-49-43-37-31-27-21-15-9-3)81-89-122(116(129)133-95-109-105-73-61-57-69-101(105)102-70-58-62-74-106(102)109)87-65-85-118-115(128)119-86-66-88-123(117(130)134-96-110-107-75-63-59-71-103(107)104-72-60-64-76-108(104)110)90-82-98(121-112(125)78-54-48-42-40-36-34-30-26-20-14-8-2)94-132-92-84-100(68-52-46-24-18-12-6)136-114(127)80-56-50-44-38-32-28-22-16-10-4/h57-64,69-76,97-100,109-110H,7-56,65-68,77-96H2,1-6H3,(H,120,124)(H,121,125)(H2,118,119,128)/t97-,98-,99+,100+/m0/s1. The van der Waals surface area contributed by atoms with Crippen molar-refractivity contribution < 1.29 is 62.0 Å². The van der Waals surface area contributed by atoms with Gasteiger partial charge in [0, 0.05) is 89.6 Å². The molecule has 0 spiro atoms. The van der Waals surface area contributed by atoms with E-state index in [4.69, 9.17) is 28.4 Å². The third-order valence-electron chi connectivity index (χ3n) is 27.8. The number of carbonyl (C=O) groups excluding carboxylic acids is 7. The fraction of sp³-hybridized carbons (Fsp3) is 0.735. The van der Waals surface area contributed by atoms with Crippen LogP contribution in [0.1, 0.15) is 474 Å². The lowest BCUT2D eigenvalue weighted by atomic mass is 9.98. The lowest BCUT2D eigenvalue weighted by Crippen LogP contribution is -2.44. The molecule has 4 aromatic rings. The van der Waals surface area contributed by atoms with Crippen LogP contribution in [0.3, 0.4) is 0 Å². The van der Waals surface area contributed by atoms with Crippen molar-refractivity contribution in [2.45, 2.75) is 476 Å². The molecular weight excluding hydrogens is 1700 g/mol. The van der Waals surface area contributed by atoms with E-state index in [1.807, 2.05) is 48.5 Å². The van der Waals surface area contributed by atoms with Gasteiger partial charge in [-0.25, -0.2) is 14.4 Å². The van der Waals surface area contributed by atoms with Crippen LogP contribution in [0.4, 0.5) is 14.4 Å². The summed E-state index contributed by atoms with van der Waals surface area (Å²) in [6, 6.07) is 31.9. The molecule has 0 unspecified atom stereocenters. The number of benzene rings is 4. The molecule has 0 fully saturated rings. The van der Waals surface area contributed by atoms with E-state index in [9.17, 15) is 33.6 Å². The Balaban J connectivity index is 1.14. The minimum absolute atomic E-state index is 0.0486. The van der Waals surface area contributed by atoms with Crippen molar-refractivity contribution in [2.75, 3.05) is 78.9 Å². The Labute approximate surface area is 826 Å². The quantitative estimate of drug-likeness (QED) is 0.0183. The van der Waals surface area contributed by atoms with Crippen LogP contribution in [0.2, 0.25) is 0 Å². The molecule has 0 radical (unpaired) electrons. The van der Waals surface area contributed by atoms with E-state index in [0.717, 1.165) is 186 Å². The number of fused-ring (bicyclic) bond motifs is 6. The van der Waals surface area contributed by atoms with E-state index in [0.29, 0.717) is 77.4 Å². The molecule has 19 heteroatoms. The number of ether oxygens (including phenoxy) is 6. The van der Waals surface area contributed by atoms with E-state index in [-0.39, 0.29) is 113 Å². The Morgan fingerprint density at radius 3 is 0.831 bits per heavy atom. The summed E-state index contributed by atoms with van der Waals surface area (Å²) in [5, 5.41) is 12.8. The molecule has 6 rings (SSSR count). The molecule has 2 aliphatic rings. The smallest absolute Gasteiger partial charge is 0.409 e. The maximum atomic E-state index is 14.9. The predicted molar refractivity (Wildman–Crippen MR) is 560 cm³/mol. The van der Waals surface area contributed by atoms with Gasteiger partial charge >= 0.3 is 30.2 Å². The number of amides is 6. The minimum Gasteiger partial charge on any atom is -0.462 e. The number of carbonyl (C=O) groups is 7. The molecule has 2 aliphatic carbocycles. The summed E-state index contributed by atoms with van der Waals surface area (Å²) in [5.41, 5.74) is 8.93. The maximum Gasteiger partial charge on any atom is 0.409 e. The molecular formula is C117H192N6O13. The first-order valence-corrected chi connectivity index (χ1v) is 56.1. The molecule has 0 aromatic heterocycles. The van der Waals surface area contributed by atoms with Crippen LogP contribution >= 0.6 is 0 Å². The Morgan fingerprint density at radius 2 is 0.544 bits per heavy atom. The van der Waals surface area contributed by atoms with Gasteiger partial charge in [0.25, 0.3) is 0 Å². The number of rotatable bonds is 88. The average molecular weight is 1890 g/mol. The van der Waals surface area contributed by atoms with Crippen LogP contribution in [0.25, 0.3) is 22.3 Å². The second-order valence-electron chi connectivity index (χ2n) is 39.7. The number of hydrogen-bond acceptors (Lipinski definition) is 13. The van der Waals surface area contributed by atoms with Crippen molar-refractivity contribution in [2.24, 2.45) is 0 Å². The minimum atomic E-state index is -0.489. The van der Waals surface area contributed by atoms with E-state index in [1.165, 1.54) is 193 Å². The zero-order valence-electron chi connectivity index (χ0n) is 86.7. The normalized spacial score (nSPS) is 13.0. The summed E-state index contributed by atoms with van der Waals surface area (Å²) < 4.78 is 38.3. The van der Waals surface area contributed by atoms with E-state index < -0.39 is 30.3 Å². The second kappa shape index (κ2) is 78.2. The zero-order chi connectivity index (χ0) is 97.0. The monoisotopic (exact) mass is 1890 g/mol. The molecule has 6 amide bonds. The van der Waals surface area contributed by atoms with Gasteiger partial charge in [-0.1, -0.05) is 421 Å². The van der Waals surface area contributed by atoms with Crippen molar-refractivity contribution >= 4 is 42.0 Å². The van der Waals surface area contributed by atoms with Crippen molar-refractivity contribution in [3.05, 3.63) is 119 Å². The van der Waals surface area contributed by atoms with Gasteiger partial charge in [0.2, 0.25) is 11.8 Å². The van der Waals surface area contributed by atoms with Gasteiger partial charge in [-0.3, -0.25) is 19.2 Å². The highest BCUT2D eigenvalue weighted by atomic mass is 16.6. The first-order chi connectivity index (χ1) is 66.8. The van der Waals surface area contributed by atoms with Crippen LogP contribution < -0.4 is 21.3 Å². The first-order valence-electron chi connectivity index (χ1n) is 56.1. The Hall–Kier alpha value is -7.51. The van der Waals surface area contributed by atoms with Crippen LogP contribution in [-0.2, 0) is 47.6 Å². The highest BCUT2D eigenvalue weighted by molar-refractivity contribution is 5.81. The lowest BCUT2D eigenvalue weighted by Gasteiger charge is -2.27. The molecule has 0 aliphatic heterocycles. The van der Waals surface area contributed by atoms with E-state index >= 15 is 0 Å². The van der Waals surface area contributed by atoms with Gasteiger partial charge in [-0.2, -0.15) is 0 Å². The maximum absolute atomic E-state index is 14.9. The molecule has 0 saturated carbocycles. The predicted octanol–water partition coefficient (Wildman–Crippen LogP) is 29.9. The molecule has 4 atom stereocenters. The number of hydrogen-bond donors (Lipinski definition) is 4. The summed E-state index contributed by atoms with van der Waals surface area (Å²) in [6.07, 6.45) is 62.5. The number of esters is 2. The number of unbranched alkanes of at least 4 members (excludes halogenated alkanes) is 44. The van der Waals surface area contributed by atoms with E-state index in [1.54, 1.807) is 9.80 Å². The van der Waals surface area contributed by atoms with Crippen LogP contribution in [0, 0.1) is 0 Å². The first kappa shape index (κ1) is 117. The zero-order valence-corrected chi connectivity index (χ0v) is 86.7. The average Bonchev–Trinajstić information content (AvgIpc) is 1.62. The number of nitrogens with zero attached hydrogens (tertiary/aromatic N) is 2. The van der Waals surface area contributed by atoms with Gasteiger partial charge in [0.1, 0.15) is 25.4 Å². The van der Waals surface area contributed by atoms with Gasteiger partial charge in [0.05, 0.1) is 38.5 Å². The highest BCUT2D eigenvalue weighted by Crippen LogP contribution is 2.46. The molecule has 768 valence electrons. The van der Waals surface area contributed by atoms with Gasteiger partial charge in [-0.15, -0.1) is 0 Å². The molecule has 0 saturated heterocycles. The van der Waals surface area contributed by atoms with E-state index in [2.05, 4.69) is 111 Å². The highest BCUT2D eigenvalue weighted by Gasteiger charge is 2.33. The molecule has 0 bridgehead atoms. The third kappa shape index (κ3) is 52.7. The number of nitrogens with one attached hydrogen (secondary N) is 4. The SMILES string of the molecule is CCCCCCCCCCCCCC(=O)N[C@@H](CCN(CCCNC(=O)NCCCN(CC[C@@H](COCC[C@@H](CCCCCCC)OC(=O)CCCCCCCCCCC)NC(=O)CCCCCCCCCCCCC)C(=O)OCC1c2ccccc2-c2ccccc21)C(=O)OCC1c2ccccc2-c2ccccc21)COCC[C@@H](CCCCCCC)OC(=O)CCCCCCCCCCC. The summed E-state index contributed by atoms with van der Waals surface area (Å²) in [4.78, 5) is 102. The fourth-order valence-corrected chi connectivity index (χ4v) is 19.5.